The molecule has 1 aromatic carbocycles. The van der Waals surface area contributed by atoms with Crippen LogP contribution in [0.5, 0.6) is 0 Å². The molecule has 1 rings (SSSR count). The van der Waals surface area contributed by atoms with E-state index < -0.39 is 16.0 Å². The van der Waals surface area contributed by atoms with E-state index in [4.69, 9.17) is 10.2 Å². The van der Waals surface area contributed by atoms with Crippen molar-refractivity contribution in [1.29, 1.82) is 0 Å². The molecule has 0 bridgehead atoms. The maximum atomic E-state index is 11.8. The third-order valence-electron chi connectivity index (χ3n) is 2.10. The van der Waals surface area contributed by atoms with Gasteiger partial charge < -0.3 is 10.2 Å². The van der Waals surface area contributed by atoms with E-state index in [1.165, 1.54) is 18.2 Å². The Hall–Kier alpha value is -0.960. The summed E-state index contributed by atoms with van der Waals surface area (Å²) in [5, 5.41) is 17.3. The molecule has 1 aromatic rings. The number of halogens is 1. The number of aliphatic hydroxyl groups is 1. The molecular weight excluding hydrogens is 326 g/mol. The van der Waals surface area contributed by atoms with Crippen LogP contribution in [-0.4, -0.2) is 37.8 Å². The number of hydrogen-bond acceptors (Lipinski definition) is 4. The smallest absolute Gasteiger partial charge is 0.335 e. The first-order chi connectivity index (χ1) is 8.38. The van der Waals surface area contributed by atoms with E-state index in [9.17, 15) is 13.2 Å². The maximum Gasteiger partial charge on any atom is 0.335 e. The highest BCUT2D eigenvalue weighted by atomic mass is 79.9. The topological polar surface area (TPSA) is 104 Å². The van der Waals surface area contributed by atoms with E-state index in [1.807, 2.05) is 0 Å². The summed E-state index contributed by atoms with van der Waals surface area (Å²) in [6, 6.07) is 3.66. The van der Waals surface area contributed by atoms with E-state index in [0.717, 1.165) is 0 Å². The summed E-state index contributed by atoms with van der Waals surface area (Å²) in [4.78, 5) is 10.7. The second-order valence-corrected chi connectivity index (χ2v) is 6.02. The van der Waals surface area contributed by atoms with Gasteiger partial charge in [-0.3, -0.25) is 0 Å². The lowest BCUT2D eigenvalue weighted by Crippen LogP contribution is -2.25. The molecule has 0 heterocycles. The molecule has 0 saturated carbocycles. The molecule has 0 fully saturated rings. The number of carboxylic acid groups (broad SMARTS) is 1. The molecular formula is C10H12BrNO5S. The van der Waals surface area contributed by atoms with Gasteiger partial charge in [0, 0.05) is 17.6 Å². The van der Waals surface area contributed by atoms with Crippen molar-refractivity contribution in [2.75, 3.05) is 13.2 Å². The second kappa shape index (κ2) is 6.28. The molecule has 0 aliphatic carbocycles. The van der Waals surface area contributed by atoms with Crippen molar-refractivity contribution in [1.82, 2.24) is 4.72 Å². The molecule has 100 valence electrons. The Bertz CT molecular complexity index is 543. The molecule has 0 unspecified atom stereocenters. The fourth-order valence-corrected chi connectivity index (χ4v) is 3.36. The van der Waals surface area contributed by atoms with E-state index in [2.05, 4.69) is 20.7 Å². The minimum absolute atomic E-state index is 0.00353. The number of carboxylic acids is 1. The predicted molar refractivity (Wildman–Crippen MR) is 68.0 cm³/mol. The zero-order valence-electron chi connectivity index (χ0n) is 9.26. The van der Waals surface area contributed by atoms with Gasteiger partial charge in [-0.05, 0) is 40.5 Å². The molecule has 0 amide bonds. The SMILES string of the molecule is O=C(O)c1ccc(S(=O)(=O)NCCCO)c(Br)c1. The molecule has 6 nitrogen and oxygen atoms in total. The van der Waals surface area contributed by atoms with E-state index in [1.54, 1.807) is 0 Å². The van der Waals surface area contributed by atoms with Crippen molar-refractivity contribution < 1.29 is 23.4 Å². The fourth-order valence-electron chi connectivity index (χ4n) is 1.22. The van der Waals surface area contributed by atoms with Crippen LogP contribution in [0.4, 0.5) is 0 Å². The van der Waals surface area contributed by atoms with Gasteiger partial charge in [0.05, 0.1) is 10.5 Å². The van der Waals surface area contributed by atoms with Crippen LogP contribution in [0.25, 0.3) is 0 Å². The number of nitrogens with one attached hydrogen (secondary N) is 1. The molecule has 0 aliphatic rings. The van der Waals surface area contributed by atoms with Gasteiger partial charge in [0.1, 0.15) is 0 Å². The number of hydrogen-bond donors (Lipinski definition) is 3. The molecule has 18 heavy (non-hydrogen) atoms. The highest BCUT2D eigenvalue weighted by Crippen LogP contribution is 2.23. The Kier molecular flexibility index (Phi) is 5.27. The van der Waals surface area contributed by atoms with Gasteiger partial charge in [-0.1, -0.05) is 0 Å². The first-order valence-electron chi connectivity index (χ1n) is 5.02. The van der Waals surface area contributed by atoms with Gasteiger partial charge in [0.2, 0.25) is 10.0 Å². The Morgan fingerprint density at radius 2 is 2.06 bits per heavy atom. The molecule has 8 heteroatoms. The minimum Gasteiger partial charge on any atom is -0.478 e. The van der Waals surface area contributed by atoms with Gasteiger partial charge in [-0.2, -0.15) is 0 Å². The average Bonchev–Trinajstić information content (AvgIpc) is 2.28. The van der Waals surface area contributed by atoms with E-state index in [-0.39, 0.29) is 28.1 Å². The summed E-state index contributed by atoms with van der Waals surface area (Å²) in [6.07, 6.45) is 0.310. The zero-order chi connectivity index (χ0) is 13.8. The van der Waals surface area contributed by atoms with Gasteiger partial charge in [-0.25, -0.2) is 17.9 Å². The van der Waals surface area contributed by atoms with Crippen LogP contribution in [-0.2, 0) is 10.0 Å². The molecule has 0 saturated heterocycles. The second-order valence-electron chi connectivity index (χ2n) is 3.43. The van der Waals surface area contributed by atoms with Crippen LogP contribution in [0.15, 0.2) is 27.6 Å². The van der Waals surface area contributed by atoms with Crippen molar-refractivity contribution in [3.8, 4) is 0 Å². The molecule has 0 spiro atoms. The lowest BCUT2D eigenvalue weighted by Gasteiger charge is -2.08. The Morgan fingerprint density at radius 1 is 1.39 bits per heavy atom. The van der Waals surface area contributed by atoms with Crippen molar-refractivity contribution in [2.24, 2.45) is 0 Å². The highest BCUT2D eigenvalue weighted by molar-refractivity contribution is 9.10. The third-order valence-corrected chi connectivity index (χ3v) is 4.53. The van der Waals surface area contributed by atoms with Gasteiger partial charge >= 0.3 is 5.97 Å². The number of sulfonamides is 1. The van der Waals surface area contributed by atoms with Crippen LogP contribution >= 0.6 is 15.9 Å². The number of carbonyl (C=O) groups is 1. The summed E-state index contributed by atoms with van der Waals surface area (Å²) in [6.45, 7) is 0.00754. The summed E-state index contributed by atoms with van der Waals surface area (Å²) in [7, 11) is -3.71. The van der Waals surface area contributed by atoms with Crippen molar-refractivity contribution in [3.63, 3.8) is 0 Å². The van der Waals surface area contributed by atoms with Gasteiger partial charge in [-0.15, -0.1) is 0 Å². The summed E-state index contributed by atoms with van der Waals surface area (Å²) >= 11 is 3.03. The van der Waals surface area contributed by atoms with Crippen LogP contribution in [0.1, 0.15) is 16.8 Å². The Morgan fingerprint density at radius 3 is 2.56 bits per heavy atom. The normalized spacial score (nSPS) is 11.4. The van der Waals surface area contributed by atoms with Gasteiger partial charge in [0.15, 0.2) is 0 Å². The monoisotopic (exact) mass is 337 g/mol. The Balaban J connectivity index is 2.99. The standard InChI is InChI=1S/C10H12BrNO5S/c11-8-6-7(10(14)15)2-3-9(8)18(16,17)12-4-1-5-13/h2-3,6,12-13H,1,4-5H2,(H,14,15). The van der Waals surface area contributed by atoms with Crippen LogP contribution < -0.4 is 4.72 Å². The lowest BCUT2D eigenvalue weighted by atomic mass is 10.2. The van der Waals surface area contributed by atoms with Crippen LogP contribution in [0.2, 0.25) is 0 Å². The number of benzene rings is 1. The van der Waals surface area contributed by atoms with Crippen molar-refractivity contribution >= 4 is 31.9 Å². The molecule has 0 atom stereocenters. The highest BCUT2D eigenvalue weighted by Gasteiger charge is 2.18. The van der Waals surface area contributed by atoms with Crippen LogP contribution in [0.3, 0.4) is 0 Å². The summed E-state index contributed by atoms with van der Waals surface area (Å²) in [5.41, 5.74) is -0.00353. The van der Waals surface area contributed by atoms with Gasteiger partial charge in [0.25, 0.3) is 0 Å². The quantitative estimate of drug-likeness (QED) is 0.666. The van der Waals surface area contributed by atoms with Crippen molar-refractivity contribution in [2.45, 2.75) is 11.3 Å². The molecule has 0 aromatic heterocycles. The molecule has 0 radical (unpaired) electrons. The number of rotatable bonds is 6. The largest absolute Gasteiger partial charge is 0.478 e. The van der Waals surface area contributed by atoms with Crippen molar-refractivity contribution in [3.05, 3.63) is 28.2 Å². The summed E-state index contributed by atoms with van der Waals surface area (Å²) < 4.78 is 26.2. The molecule has 0 aliphatic heterocycles. The summed E-state index contributed by atoms with van der Waals surface area (Å²) in [5.74, 6) is -1.13. The van der Waals surface area contributed by atoms with E-state index >= 15 is 0 Å². The Labute approximate surface area is 113 Å². The van der Waals surface area contributed by atoms with Crippen LogP contribution in [0, 0.1) is 0 Å². The minimum atomic E-state index is -3.71. The van der Waals surface area contributed by atoms with E-state index in [0.29, 0.717) is 6.42 Å². The fraction of sp³-hybridized carbons (Fsp3) is 0.300. The number of aliphatic hydroxyl groups excluding tert-OH is 1. The maximum absolute atomic E-state index is 11.8. The lowest BCUT2D eigenvalue weighted by molar-refractivity contribution is 0.0696. The third kappa shape index (κ3) is 3.77. The molecule has 3 N–H and O–H groups in total. The predicted octanol–water partition coefficient (Wildman–Crippen LogP) is 0.808. The first kappa shape index (κ1) is 15.1. The first-order valence-corrected chi connectivity index (χ1v) is 7.29. The zero-order valence-corrected chi connectivity index (χ0v) is 11.7. The number of aromatic carboxylic acids is 1. The average molecular weight is 338 g/mol.